The first-order valence-corrected chi connectivity index (χ1v) is 7.12. The third-order valence-corrected chi connectivity index (χ3v) is 3.16. The van der Waals surface area contributed by atoms with E-state index in [4.69, 9.17) is 4.74 Å². The van der Waals surface area contributed by atoms with Crippen LogP contribution in [0.4, 0.5) is 4.39 Å². The van der Waals surface area contributed by atoms with E-state index in [1.807, 2.05) is 10.8 Å². The molecule has 1 aromatic heterocycles. The van der Waals surface area contributed by atoms with Crippen LogP contribution in [-0.4, -0.2) is 23.2 Å². The average molecular weight is 291 g/mol. The highest BCUT2D eigenvalue weighted by Gasteiger charge is 2.06. The van der Waals surface area contributed by atoms with Crippen molar-refractivity contribution in [2.24, 2.45) is 5.92 Å². The normalized spacial score (nSPS) is 11.1. The second kappa shape index (κ2) is 7.22. The number of hydrogen-bond acceptors (Lipinski definition) is 3. The minimum absolute atomic E-state index is 0.262. The Kier molecular flexibility index (Phi) is 5.33. The molecule has 21 heavy (non-hydrogen) atoms. The molecule has 0 radical (unpaired) electrons. The maximum Gasteiger partial charge on any atom is 0.131 e. The lowest BCUT2D eigenvalue weighted by atomic mass is 10.2. The largest absolute Gasteiger partial charge is 0.497 e. The van der Waals surface area contributed by atoms with E-state index in [1.54, 1.807) is 18.5 Å². The molecule has 0 saturated carbocycles. The molecule has 4 nitrogen and oxygen atoms in total. The molecule has 0 atom stereocenters. The van der Waals surface area contributed by atoms with E-state index in [1.165, 1.54) is 13.2 Å². The zero-order chi connectivity index (χ0) is 15.2. The van der Waals surface area contributed by atoms with Gasteiger partial charge in [0.05, 0.1) is 25.7 Å². The monoisotopic (exact) mass is 291 g/mol. The van der Waals surface area contributed by atoms with E-state index in [0.29, 0.717) is 23.8 Å². The number of nitrogens with zero attached hydrogens (tertiary/aromatic N) is 2. The maximum atomic E-state index is 13.9. The van der Waals surface area contributed by atoms with E-state index < -0.39 is 0 Å². The Labute approximate surface area is 125 Å². The van der Waals surface area contributed by atoms with Crippen LogP contribution in [0.2, 0.25) is 0 Å². The summed E-state index contributed by atoms with van der Waals surface area (Å²) in [4.78, 5) is 4.33. The molecule has 2 aromatic rings. The summed E-state index contributed by atoms with van der Waals surface area (Å²) in [6.45, 7) is 6.49. The highest BCUT2D eigenvalue weighted by molar-refractivity contribution is 5.29. The van der Waals surface area contributed by atoms with Crippen LogP contribution >= 0.6 is 0 Å². The number of ether oxygens (including phenoxy) is 1. The Hall–Kier alpha value is -1.88. The van der Waals surface area contributed by atoms with Crippen LogP contribution in [0.1, 0.15) is 25.1 Å². The van der Waals surface area contributed by atoms with Crippen molar-refractivity contribution < 1.29 is 9.13 Å². The molecule has 0 aliphatic rings. The number of hydrogen-bond donors (Lipinski definition) is 1. The predicted octanol–water partition coefficient (Wildman–Crippen LogP) is 2.82. The summed E-state index contributed by atoms with van der Waals surface area (Å²) >= 11 is 0. The minimum Gasteiger partial charge on any atom is -0.497 e. The van der Waals surface area contributed by atoms with Gasteiger partial charge in [-0.1, -0.05) is 19.9 Å². The Morgan fingerprint density at radius 2 is 2.19 bits per heavy atom. The van der Waals surface area contributed by atoms with Gasteiger partial charge in [-0.05, 0) is 18.5 Å². The Morgan fingerprint density at radius 3 is 2.86 bits per heavy atom. The molecule has 1 aromatic carbocycles. The van der Waals surface area contributed by atoms with Crippen molar-refractivity contribution in [3.63, 3.8) is 0 Å². The van der Waals surface area contributed by atoms with Crippen LogP contribution in [0.3, 0.4) is 0 Å². The van der Waals surface area contributed by atoms with Gasteiger partial charge in [-0.25, -0.2) is 9.37 Å². The SMILES string of the molecule is COc1ccc(Cn2cnc(CNCC(C)C)c2)c(F)c1. The highest BCUT2D eigenvalue weighted by atomic mass is 19.1. The van der Waals surface area contributed by atoms with Crippen LogP contribution in [0.5, 0.6) is 5.75 Å². The molecule has 1 N–H and O–H groups in total. The van der Waals surface area contributed by atoms with Crippen LogP contribution < -0.4 is 10.1 Å². The molecule has 0 spiro atoms. The van der Waals surface area contributed by atoms with Crippen LogP contribution in [-0.2, 0) is 13.1 Å². The van der Waals surface area contributed by atoms with E-state index in [-0.39, 0.29) is 5.82 Å². The molecule has 0 aliphatic carbocycles. The van der Waals surface area contributed by atoms with Crippen molar-refractivity contribution in [1.82, 2.24) is 14.9 Å². The molecular formula is C16H22FN3O. The molecule has 0 unspecified atom stereocenters. The fourth-order valence-electron chi connectivity index (χ4n) is 2.05. The smallest absolute Gasteiger partial charge is 0.131 e. The maximum absolute atomic E-state index is 13.9. The first kappa shape index (κ1) is 15.5. The summed E-state index contributed by atoms with van der Waals surface area (Å²) in [7, 11) is 1.53. The molecule has 0 amide bonds. The fraction of sp³-hybridized carbons (Fsp3) is 0.438. The Bertz CT molecular complexity index is 581. The molecule has 0 saturated heterocycles. The van der Waals surface area contributed by atoms with Crippen LogP contribution in [0, 0.1) is 11.7 Å². The van der Waals surface area contributed by atoms with Gasteiger partial charge in [0.25, 0.3) is 0 Å². The van der Waals surface area contributed by atoms with Crippen molar-refractivity contribution in [2.75, 3.05) is 13.7 Å². The van der Waals surface area contributed by atoms with E-state index >= 15 is 0 Å². The van der Waals surface area contributed by atoms with Gasteiger partial charge in [0.15, 0.2) is 0 Å². The van der Waals surface area contributed by atoms with Gasteiger partial charge in [0.2, 0.25) is 0 Å². The molecular weight excluding hydrogens is 269 g/mol. The van der Waals surface area contributed by atoms with E-state index in [2.05, 4.69) is 24.1 Å². The number of imidazole rings is 1. The summed E-state index contributed by atoms with van der Waals surface area (Å²) in [6.07, 6.45) is 3.67. The first-order chi connectivity index (χ1) is 10.1. The van der Waals surface area contributed by atoms with E-state index in [0.717, 1.165) is 18.8 Å². The number of halogens is 1. The molecule has 5 heteroatoms. The molecule has 114 valence electrons. The van der Waals surface area contributed by atoms with Gasteiger partial charge in [0.1, 0.15) is 11.6 Å². The third-order valence-electron chi connectivity index (χ3n) is 3.16. The summed E-state index contributed by atoms with van der Waals surface area (Å²) in [6, 6.07) is 4.91. The summed E-state index contributed by atoms with van der Waals surface area (Å²) < 4.78 is 20.8. The van der Waals surface area contributed by atoms with Gasteiger partial charge in [0, 0.05) is 24.4 Å². The van der Waals surface area contributed by atoms with Crippen molar-refractivity contribution in [1.29, 1.82) is 0 Å². The predicted molar refractivity (Wildman–Crippen MR) is 80.8 cm³/mol. The number of aromatic nitrogens is 2. The topological polar surface area (TPSA) is 39.1 Å². The van der Waals surface area contributed by atoms with Gasteiger partial charge in [-0.2, -0.15) is 0 Å². The van der Waals surface area contributed by atoms with Crippen LogP contribution in [0.15, 0.2) is 30.7 Å². The summed E-state index contributed by atoms with van der Waals surface area (Å²) in [5.74, 6) is 0.878. The fourth-order valence-corrected chi connectivity index (χ4v) is 2.05. The number of nitrogens with one attached hydrogen (secondary N) is 1. The molecule has 0 aliphatic heterocycles. The van der Waals surface area contributed by atoms with Crippen molar-refractivity contribution >= 4 is 0 Å². The lowest BCUT2D eigenvalue weighted by Gasteiger charge is -2.06. The molecule has 0 bridgehead atoms. The van der Waals surface area contributed by atoms with Gasteiger partial charge in [-0.3, -0.25) is 0 Å². The lowest BCUT2D eigenvalue weighted by Crippen LogP contribution is -2.19. The van der Waals surface area contributed by atoms with Crippen LogP contribution in [0.25, 0.3) is 0 Å². The van der Waals surface area contributed by atoms with Gasteiger partial charge >= 0.3 is 0 Å². The van der Waals surface area contributed by atoms with Crippen molar-refractivity contribution in [3.05, 3.63) is 47.8 Å². The lowest BCUT2D eigenvalue weighted by molar-refractivity contribution is 0.410. The standard InChI is InChI=1S/C16H22FN3O/c1-12(2)7-18-8-14-10-20(11-19-14)9-13-4-5-15(21-3)6-16(13)17/h4-6,10-12,18H,7-9H2,1-3H3. The first-order valence-electron chi connectivity index (χ1n) is 7.12. The second-order valence-corrected chi connectivity index (χ2v) is 5.52. The Morgan fingerprint density at radius 1 is 1.38 bits per heavy atom. The molecule has 1 heterocycles. The quantitative estimate of drug-likeness (QED) is 0.852. The van der Waals surface area contributed by atoms with Crippen molar-refractivity contribution in [3.8, 4) is 5.75 Å². The molecule has 0 fully saturated rings. The number of rotatable bonds is 7. The zero-order valence-electron chi connectivity index (χ0n) is 12.8. The van der Waals surface area contributed by atoms with Gasteiger partial charge in [-0.15, -0.1) is 0 Å². The van der Waals surface area contributed by atoms with E-state index in [9.17, 15) is 4.39 Å². The van der Waals surface area contributed by atoms with Crippen molar-refractivity contribution in [2.45, 2.75) is 26.9 Å². The van der Waals surface area contributed by atoms with Gasteiger partial charge < -0.3 is 14.6 Å². The summed E-state index contributed by atoms with van der Waals surface area (Å²) in [5.41, 5.74) is 1.58. The zero-order valence-corrected chi connectivity index (χ0v) is 12.8. The second-order valence-electron chi connectivity index (χ2n) is 5.52. The highest BCUT2D eigenvalue weighted by Crippen LogP contribution is 2.17. The third kappa shape index (κ3) is 4.56. The Balaban J connectivity index is 1.96. The summed E-state index contributed by atoms with van der Waals surface area (Å²) in [5, 5.41) is 3.34. The molecule has 2 rings (SSSR count). The average Bonchev–Trinajstić information content (AvgIpc) is 2.88. The number of benzene rings is 1. The minimum atomic E-state index is -0.262. The number of methoxy groups -OCH3 is 1.